The van der Waals surface area contributed by atoms with Crippen LogP contribution < -0.4 is 15.8 Å². The van der Waals surface area contributed by atoms with Crippen molar-refractivity contribution in [2.24, 2.45) is 0 Å². The van der Waals surface area contributed by atoms with E-state index in [9.17, 15) is 8.78 Å². The zero-order valence-electron chi connectivity index (χ0n) is 18.2. The number of rotatable bonds is 6. The van der Waals surface area contributed by atoms with Crippen LogP contribution in [0.4, 0.5) is 26.1 Å². The zero-order chi connectivity index (χ0) is 24.4. The summed E-state index contributed by atoms with van der Waals surface area (Å²) < 4.78 is 33.5. The number of hydrogen-bond acceptors (Lipinski definition) is 9. The lowest BCUT2D eigenvalue weighted by Gasteiger charge is -2.08. The molecule has 4 heterocycles. The topological polar surface area (TPSA) is 112 Å². The minimum absolute atomic E-state index is 0.0000406. The molecule has 0 aliphatic rings. The summed E-state index contributed by atoms with van der Waals surface area (Å²) in [4.78, 5) is 22.3. The summed E-state index contributed by atoms with van der Waals surface area (Å²) in [6.45, 7) is 0. The van der Waals surface area contributed by atoms with Gasteiger partial charge in [-0.25, -0.2) is 28.7 Å². The second-order valence-electron chi connectivity index (χ2n) is 7.25. The largest absolute Gasteiger partial charge is 0.481 e. The third-order valence-corrected chi connectivity index (χ3v) is 6.05. The molecule has 35 heavy (non-hydrogen) atoms. The standard InChI is InChI=1S/C24H17F2N7OS/c1-34-19-8-6-14(12-30-19)31-24-28-10-9-17(32-24)22-21(15-3-2-4-16(27)20(15)26)33-23(35-22)18-7-5-13(25)11-29-18/h2-12H,27H2,1H3,(H,28,31,32). The molecular weight excluding hydrogens is 472 g/mol. The molecule has 0 fully saturated rings. The van der Waals surface area contributed by atoms with Crippen LogP contribution in [0.1, 0.15) is 0 Å². The number of methoxy groups -OCH3 is 1. The fraction of sp³-hybridized carbons (Fsp3) is 0.0417. The van der Waals surface area contributed by atoms with Gasteiger partial charge < -0.3 is 15.8 Å². The number of halogens is 2. The van der Waals surface area contributed by atoms with E-state index in [1.54, 1.807) is 42.7 Å². The van der Waals surface area contributed by atoms with Crippen LogP contribution in [0, 0.1) is 11.6 Å². The lowest BCUT2D eigenvalue weighted by molar-refractivity contribution is 0.398. The number of aromatic nitrogens is 5. The number of nitrogens with zero attached hydrogens (tertiary/aromatic N) is 5. The van der Waals surface area contributed by atoms with E-state index in [2.05, 4.69) is 30.2 Å². The van der Waals surface area contributed by atoms with Gasteiger partial charge in [0.2, 0.25) is 11.8 Å². The first kappa shape index (κ1) is 22.3. The van der Waals surface area contributed by atoms with Gasteiger partial charge in [0.05, 0.1) is 52.8 Å². The van der Waals surface area contributed by atoms with Gasteiger partial charge in [0.15, 0.2) is 5.82 Å². The third kappa shape index (κ3) is 4.62. The van der Waals surface area contributed by atoms with Crippen LogP contribution >= 0.6 is 11.3 Å². The van der Waals surface area contributed by atoms with E-state index in [-0.39, 0.29) is 11.3 Å². The summed E-state index contributed by atoms with van der Waals surface area (Å²) in [5, 5.41) is 3.56. The number of pyridine rings is 2. The van der Waals surface area contributed by atoms with Gasteiger partial charge in [-0.05, 0) is 36.4 Å². The quantitative estimate of drug-likeness (QED) is 0.308. The Kier molecular flexibility index (Phi) is 5.98. The first-order valence-electron chi connectivity index (χ1n) is 10.3. The van der Waals surface area contributed by atoms with Gasteiger partial charge in [-0.15, -0.1) is 11.3 Å². The van der Waals surface area contributed by atoms with E-state index in [0.717, 1.165) is 6.20 Å². The molecule has 8 nitrogen and oxygen atoms in total. The van der Waals surface area contributed by atoms with Gasteiger partial charge in [0.25, 0.3) is 0 Å². The number of thiazole rings is 1. The van der Waals surface area contributed by atoms with E-state index < -0.39 is 11.6 Å². The van der Waals surface area contributed by atoms with Crippen molar-refractivity contribution in [3.8, 4) is 38.4 Å². The summed E-state index contributed by atoms with van der Waals surface area (Å²) in [7, 11) is 1.54. The molecular formula is C24H17F2N7OS. The van der Waals surface area contributed by atoms with Gasteiger partial charge in [0.1, 0.15) is 10.8 Å². The van der Waals surface area contributed by atoms with E-state index in [1.807, 2.05) is 0 Å². The molecule has 3 N–H and O–H groups in total. The Morgan fingerprint density at radius 1 is 0.914 bits per heavy atom. The van der Waals surface area contributed by atoms with Crippen molar-refractivity contribution in [3.63, 3.8) is 0 Å². The van der Waals surface area contributed by atoms with Crippen molar-refractivity contribution in [3.05, 3.63) is 78.8 Å². The summed E-state index contributed by atoms with van der Waals surface area (Å²) >= 11 is 1.25. The lowest BCUT2D eigenvalue weighted by atomic mass is 10.1. The van der Waals surface area contributed by atoms with E-state index in [4.69, 9.17) is 10.5 Å². The van der Waals surface area contributed by atoms with Crippen LogP contribution in [-0.4, -0.2) is 32.0 Å². The Balaban J connectivity index is 1.59. The van der Waals surface area contributed by atoms with Gasteiger partial charge in [-0.1, -0.05) is 6.07 Å². The highest BCUT2D eigenvalue weighted by Crippen LogP contribution is 2.41. The highest BCUT2D eigenvalue weighted by Gasteiger charge is 2.21. The van der Waals surface area contributed by atoms with E-state index in [0.29, 0.717) is 44.5 Å². The van der Waals surface area contributed by atoms with Crippen molar-refractivity contribution in [1.82, 2.24) is 24.9 Å². The predicted octanol–water partition coefficient (Wildman–Crippen LogP) is 5.34. The first-order chi connectivity index (χ1) is 17.0. The molecule has 0 aliphatic carbocycles. The number of benzene rings is 1. The molecule has 5 aromatic rings. The monoisotopic (exact) mass is 489 g/mol. The maximum Gasteiger partial charge on any atom is 0.227 e. The SMILES string of the molecule is COc1ccc(Nc2nccc(-c3sc(-c4ccc(F)cn4)nc3-c3cccc(N)c3F)n2)cn1. The van der Waals surface area contributed by atoms with Crippen LogP contribution in [0.3, 0.4) is 0 Å². The van der Waals surface area contributed by atoms with Crippen LogP contribution in [0.2, 0.25) is 0 Å². The molecule has 0 saturated carbocycles. The van der Waals surface area contributed by atoms with Crippen molar-refractivity contribution >= 4 is 28.7 Å². The minimum Gasteiger partial charge on any atom is -0.481 e. The van der Waals surface area contributed by atoms with Crippen LogP contribution in [-0.2, 0) is 0 Å². The van der Waals surface area contributed by atoms with Crippen molar-refractivity contribution < 1.29 is 13.5 Å². The molecule has 11 heteroatoms. The van der Waals surface area contributed by atoms with Crippen molar-refractivity contribution in [1.29, 1.82) is 0 Å². The Morgan fingerprint density at radius 2 is 1.80 bits per heavy atom. The molecule has 0 bridgehead atoms. The Labute approximate surface area is 202 Å². The number of hydrogen-bond donors (Lipinski definition) is 2. The van der Waals surface area contributed by atoms with Gasteiger partial charge in [-0.2, -0.15) is 0 Å². The Morgan fingerprint density at radius 3 is 2.54 bits per heavy atom. The summed E-state index contributed by atoms with van der Waals surface area (Å²) in [6, 6.07) is 12.7. The molecule has 4 aromatic heterocycles. The average Bonchev–Trinajstić information content (AvgIpc) is 3.32. The van der Waals surface area contributed by atoms with E-state index in [1.165, 1.54) is 36.6 Å². The summed E-state index contributed by atoms with van der Waals surface area (Å²) in [6.07, 6.45) is 4.27. The number of ether oxygens (including phenoxy) is 1. The fourth-order valence-corrected chi connectivity index (χ4v) is 4.30. The normalized spacial score (nSPS) is 10.8. The molecule has 0 unspecified atom stereocenters. The predicted molar refractivity (Wildman–Crippen MR) is 130 cm³/mol. The fourth-order valence-electron chi connectivity index (χ4n) is 3.27. The van der Waals surface area contributed by atoms with Crippen LogP contribution in [0.15, 0.2) is 67.1 Å². The summed E-state index contributed by atoms with van der Waals surface area (Å²) in [5.41, 5.74) is 7.98. The molecule has 0 saturated heterocycles. The van der Waals surface area contributed by atoms with Gasteiger partial charge >= 0.3 is 0 Å². The first-order valence-corrected chi connectivity index (χ1v) is 11.1. The lowest BCUT2D eigenvalue weighted by Crippen LogP contribution is -1.99. The molecule has 0 atom stereocenters. The highest BCUT2D eigenvalue weighted by atomic mass is 32.1. The molecule has 5 rings (SSSR count). The number of nitrogen functional groups attached to an aromatic ring is 1. The summed E-state index contributed by atoms with van der Waals surface area (Å²) in [5.74, 6) is -0.268. The van der Waals surface area contributed by atoms with Crippen LogP contribution in [0.25, 0.3) is 32.5 Å². The van der Waals surface area contributed by atoms with Gasteiger partial charge in [-0.3, -0.25) is 4.98 Å². The maximum atomic E-state index is 15.0. The van der Waals surface area contributed by atoms with Crippen molar-refractivity contribution in [2.45, 2.75) is 0 Å². The number of nitrogens with one attached hydrogen (secondary N) is 1. The molecule has 174 valence electrons. The second kappa shape index (κ2) is 9.39. The average molecular weight is 490 g/mol. The molecule has 0 aliphatic heterocycles. The highest BCUT2D eigenvalue weighted by molar-refractivity contribution is 7.18. The Hall–Kier alpha value is -4.51. The molecule has 1 aromatic carbocycles. The van der Waals surface area contributed by atoms with Crippen LogP contribution in [0.5, 0.6) is 5.88 Å². The minimum atomic E-state index is -0.589. The molecule has 0 spiro atoms. The maximum absolute atomic E-state index is 15.0. The van der Waals surface area contributed by atoms with Crippen molar-refractivity contribution in [2.75, 3.05) is 18.2 Å². The number of nitrogens with two attached hydrogens (primary N) is 1. The Bertz CT molecular complexity index is 1490. The zero-order valence-corrected chi connectivity index (χ0v) is 19.1. The second-order valence-corrected chi connectivity index (χ2v) is 8.25. The number of anilines is 3. The van der Waals surface area contributed by atoms with E-state index >= 15 is 0 Å². The van der Waals surface area contributed by atoms with Gasteiger partial charge in [0, 0.05) is 17.8 Å². The molecule has 0 amide bonds. The molecule has 0 radical (unpaired) electrons. The smallest absolute Gasteiger partial charge is 0.227 e. The third-order valence-electron chi connectivity index (χ3n) is 4.95.